The largest absolute Gasteiger partial charge is 0.460 e. The number of hydrogen-bond acceptors (Lipinski definition) is 1. The van der Waals surface area contributed by atoms with E-state index < -0.39 is 42.1 Å². The van der Waals surface area contributed by atoms with Crippen molar-refractivity contribution in [3.8, 4) is 0 Å². The van der Waals surface area contributed by atoms with Crippen LogP contribution in [-0.4, -0.2) is 29.7 Å². The summed E-state index contributed by atoms with van der Waals surface area (Å²) in [6.45, 7) is 3.41. The molecule has 0 aromatic heterocycles. The van der Waals surface area contributed by atoms with Crippen molar-refractivity contribution in [1.82, 2.24) is 0 Å². The Morgan fingerprint density at radius 3 is 1.96 bits per heavy atom. The molecule has 0 heterocycles. The number of hydrogen-bond donors (Lipinski definition) is 0. The Kier molecular flexibility index (Phi) is 5.12. The molecule has 1 nitrogen and oxygen atoms in total. The van der Waals surface area contributed by atoms with Gasteiger partial charge in [-0.25, -0.2) is 0 Å². The molecule has 2 rings (SSSR count). The summed E-state index contributed by atoms with van der Waals surface area (Å²) in [6, 6.07) is 4.21. The molecule has 27 heavy (non-hydrogen) atoms. The van der Waals surface area contributed by atoms with Gasteiger partial charge in [-0.3, -0.25) is 4.79 Å². The summed E-state index contributed by atoms with van der Waals surface area (Å²) in [4.78, 5) is 12.3. The number of carbonyl (C=O) groups excluding carboxylic acids is 1. The Balaban J connectivity index is 2.49. The predicted molar refractivity (Wildman–Crippen MR) is 77.6 cm³/mol. The van der Waals surface area contributed by atoms with Crippen molar-refractivity contribution in [1.29, 1.82) is 0 Å². The van der Waals surface area contributed by atoms with Crippen LogP contribution in [0.5, 0.6) is 0 Å². The first-order chi connectivity index (χ1) is 12.1. The molecule has 1 aromatic carbocycles. The second kappa shape index (κ2) is 6.41. The molecule has 0 spiro atoms. The van der Waals surface area contributed by atoms with Gasteiger partial charge in [-0.1, -0.05) is 26.0 Å². The molecular weight excluding hydrogens is 391 g/mol. The maximum atomic E-state index is 14.2. The van der Waals surface area contributed by atoms with Crippen LogP contribution in [0.3, 0.4) is 0 Å². The smallest absolute Gasteiger partial charge is 0.294 e. The molecule has 152 valence electrons. The highest BCUT2D eigenvalue weighted by Crippen LogP contribution is 2.56. The molecule has 0 saturated heterocycles. The SMILES string of the molecule is CC(C)c1ccc2c(c1)C(=O)C(C(F)(F)C(F)(F)C(F)(F)C(F)(F)F)CC2. The van der Waals surface area contributed by atoms with Gasteiger partial charge in [-0.2, -0.15) is 39.5 Å². The van der Waals surface area contributed by atoms with Crippen molar-refractivity contribution >= 4 is 5.78 Å². The molecule has 10 heteroatoms. The third kappa shape index (κ3) is 3.20. The van der Waals surface area contributed by atoms with E-state index in [1.54, 1.807) is 19.9 Å². The molecule has 0 N–H and O–H groups in total. The average Bonchev–Trinajstić information content (AvgIpc) is 2.53. The van der Waals surface area contributed by atoms with E-state index in [0.717, 1.165) is 0 Å². The number of alkyl halides is 9. The van der Waals surface area contributed by atoms with Crippen LogP contribution in [0.15, 0.2) is 18.2 Å². The van der Waals surface area contributed by atoms with E-state index in [0.29, 0.717) is 5.56 Å². The minimum Gasteiger partial charge on any atom is -0.294 e. The molecule has 0 fully saturated rings. The van der Waals surface area contributed by atoms with Gasteiger partial charge in [0.2, 0.25) is 0 Å². The third-order valence-electron chi connectivity index (χ3n) is 4.69. The van der Waals surface area contributed by atoms with Crippen molar-refractivity contribution in [2.45, 2.75) is 56.6 Å². The van der Waals surface area contributed by atoms with Gasteiger partial charge in [0, 0.05) is 5.56 Å². The van der Waals surface area contributed by atoms with Crippen LogP contribution in [0, 0.1) is 5.92 Å². The number of ketones is 1. The number of halogens is 9. The van der Waals surface area contributed by atoms with Crippen LogP contribution in [0.1, 0.15) is 47.7 Å². The summed E-state index contributed by atoms with van der Waals surface area (Å²) in [5.41, 5.74) is 0.407. The molecule has 1 aliphatic rings. The third-order valence-corrected chi connectivity index (χ3v) is 4.69. The second-order valence-electron chi connectivity index (χ2n) is 6.80. The fourth-order valence-electron chi connectivity index (χ4n) is 2.97. The molecule has 1 aliphatic carbocycles. The zero-order valence-electron chi connectivity index (χ0n) is 14.1. The lowest BCUT2D eigenvalue weighted by atomic mass is 9.76. The minimum absolute atomic E-state index is 0.153. The molecule has 0 radical (unpaired) electrons. The van der Waals surface area contributed by atoms with Gasteiger partial charge in [-0.15, -0.1) is 0 Å². The van der Waals surface area contributed by atoms with Crippen molar-refractivity contribution in [2.24, 2.45) is 5.92 Å². The van der Waals surface area contributed by atoms with E-state index in [4.69, 9.17) is 0 Å². The Morgan fingerprint density at radius 2 is 1.48 bits per heavy atom. The topological polar surface area (TPSA) is 17.1 Å². The van der Waals surface area contributed by atoms with Crippen LogP contribution in [0.2, 0.25) is 0 Å². The van der Waals surface area contributed by atoms with Crippen LogP contribution in [0.25, 0.3) is 0 Å². The lowest BCUT2D eigenvalue weighted by Gasteiger charge is -2.38. The Bertz CT molecular complexity index is 734. The van der Waals surface area contributed by atoms with Crippen molar-refractivity contribution in [2.75, 3.05) is 0 Å². The summed E-state index contributed by atoms with van der Waals surface area (Å²) in [6.07, 6.45) is -8.20. The Hall–Kier alpha value is -1.74. The summed E-state index contributed by atoms with van der Waals surface area (Å²) < 4.78 is 119. The van der Waals surface area contributed by atoms with Gasteiger partial charge in [0.15, 0.2) is 5.78 Å². The minimum atomic E-state index is -7.00. The maximum Gasteiger partial charge on any atom is 0.460 e. The molecule has 1 aromatic rings. The molecule has 0 bridgehead atoms. The fraction of sp³-hybridized carbons (Fsp3) is 0.588. The first-order valence-electron chi connectivity index (χ1n) is 7.93. The van der Waals surface area contributed by atoms with E-state index in [9.17, 15) is 44.3 Å². The normalized spacial score (nSPS) is 19.4. The highest BCUT2D eigenvalue weighted by Gasteiger charge is 2.83. The van der Waals surface area contributed by atoms with Crippen LogP contribution in [-0.2, 0) is 6.42 Å². The Labute approximate surface area is 148 Å². The van der Waals surface area contributed by atoms with Gasteiger partial charge in [0.1, 0.15) is 0 Å². The van der Waals surface area contributed by atoms with Gasteiger partial charge in [0.25, 0.3) is 0 Å². The zero-order valence-corrected chi connectivity index (χ0v) is 14.1. The van der Waals surface area contributed by atoms with E-state index in [1.807, 2.05) is 0 Å². The van der Waals surface area contributed by atoms with Crippen molar-refractivity contribution in [3.05, 3.63) is 34.9 Å². The van der Waals surface area contributed by atoms with Gasteiger partial charge in [-0.05, 0) is 36.0 Å². The highest BCUT2D eigenvalue weighted by molar-refractivity contribution is 6.01. The first kappa shape index (κ1) is 21.6. The van der Waals surface area contributed by atoms with E-state index >= 15 is 0 Å². The summed E-state index contributed by atoms with van der Waals surface area (Å²) in [5, 5.41) is 0. The molecular formula is C17H15F9O. The van der Waals surface area contributed by atoms with Crippen molar-refractivity contribution in [3.63, 3.8) is 0 Å². The zero-order chi connectivity index (χ0) is 21.0. The quantitative estimate of drug-likeness (QED) is 0.559. The maximum absolute atomic E-state index is 14.2. The number of carbonyl (C=O) groups is 1. The molecule has 1 unspecified atom stereocenters. The first-order valence-corrected chi connectivity index (χ1v) is 7.93. The number of Topliss-reactive ketones (excluding diaryl/α,β-unsaturated/α-hetero) is 1. The molecule has 1 atom stereocenters. The van der Waals surface area contributed by atoms with Crippen LogP contribution in [0.4, 0.5) is 39.5 Å². The fourth-order valence-corrected chi connectivity index (χ4v) is 2.97. The van der Waals surface area contributed by atoms with Crippen LogP contribution >= 0.6 is 0 Å². The lowest BCUT2D eigenvalue weighted by Crippen LogP contribution is -2.64. The van der Waals surface area contributed by atoms with Crippen LogP contribution < -0.4 is 0 Å². The summed E-state index contributed by atoms with van der Waals surface area (Å²) >= 11 is 0. The second-order valence-corrected chi connectivity index (χ2v) is 6.80. The predicted octanol–water partition coefficient (Wildman–Crippen LogP) is 6.02. The standard InChI is InChI=1S/C17H15F9O/c1-8(2)10-4-3-9-5-6-12(13(27)11(9)7-10)14(18,19)15(20,21)16(22,23)17(24,25)26/h3-4,7-8,12H,5-6H2,1-2H3. The average molecular weight is 406 g/mol. The number of fused-ring (bicyclic) bond motifs is 1. The molecule has 0 amide bonds. The number of benzene rings is 1. The van der Waals surface area contributed by atoms with E-state index in [2.05, 4.69) is 0 Å². The Morgan fingerprint density at radius 1 is 0.926 bits per heavy atom. The summed E-state index contributed by atoms with van der Waals surface area (Å²) in [5.74, 6) is -24.4. The number of rotatable bonds is 4. The lowest BCUT2D eigenvalue weighted by molar-refractivity contribution is -0.400. The van der Waals surface area contributed by atoms with E-state index in [1.165, 1.54) is 12.1 Å². The van der Waals surface area contributed by atoms with Gasteiger partial charge >= 0.3 is 23.9 Å². The molecule has 0 saturated carbocycles. The highest BCUT2D eigenvalue weighted by atomic mass is 19.4. The van der Waals surface area contributed by atoms with Gasteiger partial charge < -0.3 is 0 Å². The van der Waals surface area contributed by atoms with Crippen molar-refractivity contribution < 1.29 is 44.3 Å². The van der Waals surface area contributed by atoms with E-state index in [-0.39, 0.29) is 23.5 Å². The number of aryl methyl sites for hydroxylation is 1. The monoisotopic (exact) mass is 406 g/mol. The van der Waals surface area contributed by atoms with Gasteiger partial charge in [0.05, 0.1) is 5.92 Å². The summed E-state index contributed by atoms with van der Waals surface area (Å²) in [7, 11) is 0. The molecule has 0 aliphatic heterocycles.